The summed E-state index contributed by atoms with van der Waals surface area (Å²) in [5.41, 5.74) is 0.529. The number of methoxy groups -OCH3 is 1. The van der Waals surface area contributed by atoms with Gasteiger partial charge in [-0.3, -0.25) is 14.5 Å². The van der Waals surface area contributed by atoms with Gasteiger partial charge in [0.2, 0.25) is 5.91 Å². The van der Waals surface area contributed by atoms with E-state index in [0.29, 0.717) is 16.5 Å². The number of nitriles is 1. The van der Waals surface area contributed by atoms with Crippen molar-refractivity contribution in [3.8, 4) is 11.8 Å². The number of likely N-dealkylation sites (N-methyl/N-ethyl adjacent to an activating group) is 1. The average molecular weight is 303 g/mol. The summed E-state index contributed by atoms with van der Waals surface area (Å²) in [6, 6.07) is 8.72. The highest BCUT2D eigenvalue weighted by atomic mass is 32.2. The minimum atomic E-state index is -0.506. The number of hydrogen-bond acceptors (Lipinski definition) is 5. The molecule has 1 fully saturated rings. The number of amides is 2. The lowest BCUT2D eigenvalue weighted by Crippen LogP contribution is -2.28. The van der Waals surface area contributed by atoms with E-state index in [-0.39, 0.29) is 17.2 Å². The molecule has 1 aromatic carbocycles. The van der Waals surface area contributed by atoms with Crippen LogP contribution in [0.25, 0.3) is 0 Å². The molecule has 0 unspecified atom stereocenters. The fraction of sp³-hybridized carbons (Fsp3) is 0.214. The van der Waals surface area contributed by atoms with Crippen LogP contribution in [0.4, 0.5) is 5.69 Å². The maximum atomic E-state index is 12.1. The van der Waals surface area contributed by atoms with Crippen molar-refractivity contribution in [2.75, 3.05) is 24.8 Å². The third-order valence-corrected chi connectivity index (χ3v) is 3.95. The molecule has 0 aromatic heterocycles. The van der Waals surface area contributed by atoms with Gasteiger partial charge < -0.3 is 10.1 Å². The van der Waals surface area contributed by atoms with Crippen LogP contribution in [0.2, 0.25) is 0 Å². The summed E-state index contributed by atoms with van der Waals surface area (Å²) < 4.78 is 5.07. The van der Waals surface area contributed by atoms with Crippen LogP contribution in [0.5, 0.6) is 5.75 Å². The van der Waals surface area contributed by atoms with E-state index in [1.54, 1.807) is 31.4 Å². The number of anilines is 1. The number of thioether (sulfide) groups is 1. The lowest BCUT2D eigenvalue weighted by molar-refractivity contribution is -0.116. The molecular formula is C14H13N3O3S. The van der Waals surface area contributed by atoms with Crippen molar-refractivity contribution in [3.05, 3.63) is 34.9 Å². The molecule has 1 aliphatic rings. The average Bonchev–Trinajstić information content (AvgIpc) is 2.89. The van der Waals surface area contributed by atoms with Gasteiger partial charge in [0.15, 0.2) is 0 Å². The van der Waals surface area contributed by atoms with Crippen LogP contribution in [0.3, 0.4) is 0 Å². The van der Waals surface area contributed by atoms with Crippen molar-refractivity contribution in [1.82, 2.24) is 5.32 Å². The Kier molecular flexibility index (Phi) is 4.50. The molecule has 6 nitrogen and oxygen atoms in total. The minimum Gasteiger partial charge on any atom is -0.497 e. The molecule has 0 aliphatic carbocycles. The highest BCUT2D eigenvalue weighted by molar-refractivity contribution is 8.04. The zero-order chi connectivity index (χ0) is 15.4. The summed E-state index contributed by atoms with van der Waals surface area (Å²) in [5.74, 6) is 0.184. The third-order valence-electron chi connectivity index (χ3n) is 2.90. The molecule has 2 rings (SSSR count). The Hall–Kier alpha value is -2.46. The summed E-state index contributed by atoms with van der Waals surface area (Å²) >= 11 is 1.18. The molecule has 0 atom stereocenters. The minimum absolute atomic E-state index is 0.0656. The van der Waals surface area contributed by atoms with Gasteiger partial charge in [-0.25, -0.2) is 0 Å². The normalized spacial score (nSPS) is 16.4. The molecule has 1 saturated heterocycles. The van der Waals surface area contributed by atoms with E-state index in [0.717, 1.165) is 0 Å². The second kappa shape index (κ2) is 6.33. The van der Waals surface area contributed by atoms with Gasteiger partial charge in [-0.05, 0) is 24.3 Å². The molecule has 1 aromatic rings. The summed E-state index contributed by atoms with van der Waals surface area (Å²) in [6.07, 6.45) is 0. The van der Waals surface area contributed by atoms with Crippen LogP contribution < -0.4 is 15.0 Å². The molecule has 0 radical (unpaired) electrons. The number of benzene rings is 1. The van der Waals surface area contributed by atoms with E-state index in [1.165, 1.54) is 23.7 Å². The number of carbonyl (C=O) groups is 2. The zero-order valence-electron chi connectivity index (χ0n) is 11.5. The summed E-state index contributed by atoms with van der Waals surface area (Å²) in [6.45, 7) is 0. The SMILES string of the molecule is CNC(=O)/C(C#N)=C1\SCC(=O)N1c1ccc(OC)cc1. The molecule has 1 N–H and O–H groups in total. The van der Waals surface area contributed by atoms with E-state index in [2.05, 4.69) is 5.32 Å². The van der Waals surface area contributed by atoms with E-state index in [1.807, 2.05) is 6.07 Å². The lowest BCUT2D eigenvalue weighted by atomic mass is 10.2. The van der Waals surface area contributed by atoms with Gasteiger partial charge in [-0.2, -0.15) is 5.26 Å². The van der Waals surface area contributed by atoms with Gasteiger partial charge in [0, 0.05) is 12.7 Å². The van der Waals surface area contributed by atoms with Crippen LogP contribution in [0.15, 0.2) is 34.9 Å². The number of carbonyl (C=O) groups excluding carboxylic acids is 2. The van der Waals surface area contributed by atoms with Gasteiger partial charge in [0.25, 0.3) is 5.91 Å². The Labute approximate surface area is 126 Å². The first kappa shape index (κ1) is 14.9. The van der Waals surface area contributed by atoms with Crippen molar-refractivity contribution in [1.29, 1.82) is 5.26 Å². The Morgan fingerprint density at radius 3 is 2.62 bits per heavy atom. The number of nitrogens with zero attached hydrogens (tertiary/aromatic N) is 2. The van der Waals surface area contributed by atoms with Crippen molar-refractivity contribution in [3.63, 3.8) is 0 Å². The van der Waals surface area contributed by atoms with Gasteiger partial charge in [-0.1, -0.05) is 11.8 Å². The van der Waals surface area contributed by atoms with E-state index in [4.69, 9.17) is 4.74 Å². The van der Waals surface area contributed by atoms with Crippen molar-refractivity contribution >= 4 is 29.3 Å². The number of nitrogens with one attached hydrogen (secondary N) is 1. The van der Waals surface area contributed by atoms with Crippen LogP contribution in [-0.2, 0) is 9.59 Å². The number of hydrogen-bond donors (Lipinski definition) is 1. The standard InChI is InChI=1S/C14H13N3O3S/c1-16-13(19)11(7-15)14-17(12(18)8-21-14)9-3-5-10(20-2)6-4-9/h3-6H,8H2,1-2H3,(H,16,19)/b14-11-. The Morgan fingerprint density at radius 1 is 1.43 bits per heavy atom. The molecule has 2 amide bonds. The summed E-state index contributed by atoms with van der Waals surface area (Å²) in [5, 5.41) is 11.9. The smallest absolute Gasteiger partial charge is 0.264 e. The molecule has 0 saturated carbocycles. The van der Waals surface area contributed by atoms with E-state index < -0.39 is 5.91 Å². The van der Waals surface area contributed by atoms with E-state index >= 15 is 0 Å². The maximum Gasteiger partial charge on any atom is 0.264 e. The fourth-order valence-corrected chi connectivity index (χ4v) is 2.88. The van der Waals surface area contributed by atoms with Crippen LogP contribution >= 0.6 is 11.8 Å². The molecule has 7 heteroatoms. The van der Waals surface area contributed by atoms with E-state index in [9.17, 15) is 14.9 Å². The number of ether oxygens (including phenoxy) is 1. The predicted octanol–water partition coefficient (Wildman–Crippen LogP) is 1.26. The lowest BCUT2D eigenvalue weighted by Gasteiger charge is -2.18. The van der Waals surface area contributed by atoms with Crippen LogP contribution in [-0.4, -0.2) is 31.7 Å². The maximum absolute atomic E-state index is 12.1. The third kappa shape index (κ3) is 2.85. The largest absolute Gasteiger partial charge is 0.497 e. The van der Waals surface area contributed by atoms with Crippen LogP contribution in [0.1, 0.15) is 0 Å². The Balaban J connectivity index is 2.47. The van der Waals surface area contributed by atoms with Gasteiger partial charge in [-0.15, -0.1) is 0 Å². The quantitative estimate of drug-likeness (QED) is 0.671. The topological polar surface area (TPSA) is 82.4 Å². The highest BCUT2D eigenvalue weighted by Gasteiger charge is 2.32. The first-order chi connectivity index (χ1) is 10.1. The first-order valence-electron chi connectivity index (χ1n) is 6.08. The Bertz CT molecular complexity index is 646. The Morgan fingerprint density at radius 2 is 2.10 bits per heavy atom. The highest BCUT2D eigenvalue weighted by Crippen LogP contribution is 2.36. The van der Waals surface area contributed by atoms with Crippen molar-refractivity contribution in [2.24, 2.45) is 0 Å². The summed E-state index contributed by atoms with van der Waals surface area (Å²) in [7, 11) is 3.00. The second-order valence-corrected chi connectivity index (χ2v) is 5.05. The van der Waals surface area contributed by atoms with Gasteiger partial charge >= 0.3 is 0 Å². The van der Waals surface area contributed by atoms with Crippen molar-refractivity contribution in [2.45, 2.75) is 0 Å². The molecule has 1 heterocycles. The van der Waals surface area contributed by atoms with Crippen LogP contribution in [0, 0.1) is 11.3 Å². The number of rotatable bonds is 3. The zero-order valence-corrected chi connectivity index (χ0v) is 12.4. The second-order valence-electron chi connectivity index (χ2n) is 4.09. The fourth-order valence-electron chi connectivity index (χ4n) is 1.87. The monoisotopic (exact) mass is 303 g/mol. The molecule has 0 spiro atoms. The van der Waals surface area contributed by atoms with Gasteiger partial charge in [0.05, 0.1) is 12.9 Å². The molecule has 21 heavy (non-hydrogen) atoms. The molecule has 1 aliphatic heterocycles. The molecular weight excluding hydrogens is 290 g/mol. The van der Waals surface area contributed by atoms with Crippen molar-refractivity contribution < 1.29 is 14.3 Å². The molecule has 0 bridgehead atoms. The van der Waals surface area contributed by atoms with Gasteiger partial charge in [0.1, 0.15) is 22.4 Å². The first-order valence-corrected chi connectivity index (χ1v) is 7.07. The predicted molar refractivity (Wildman–Crippen MR) is 79.6 cm³/mol. The molecule has 108 valence electrons. The summed E-state index contributed by atoms with van der Waals surface area (Å²) in [4.78, 5) is 25.2.